The molecule has 0 aromatic carbocycles. The number of allylic oxidation sites excluding steroid dienone is 8. The van der Waals surface area contributed by atoms with Gasteiger partial charge in [0.05, 0.1) is 19.4 Å². The lowest BCUT2D eigenvalue weighted by Crippen LogP contribution is -2.04. The Hall–Kier alpha value is -0.890. The van der Waals surface area contributed by atoms with Gasteiger partial charge in [0, 0.05) is 0 Å². The smallest absolute Gasteiger partial charge is 0.309 e. The minimum atomic E-state index is -2.93. The lowest BCUT2D eigenvalue weighted by molar-refractivity contribution is 0.199. The Morgan fingerprint density at radius 1 is 0.893 bits per heavy atom. The molecule has 0 amide bonds. The van der Waals surface area contributed by atoms with Crippen LogP contribution in [0, 0.1) is 5.92 Å². The van der Waals surface area contributed by atoms with Crippen molar-refractivity contribution in [2.24, 2.45) is 5.92 Å². The van der Waals surface area contributed by atoms with Crippen LogP contribution in [-0.4, -0.2) is 19.4 Å². The minimum Gasteiger partial charge on any atom is -0.309 e. The first-order valence-electron chi connectivity index (χ1n) is 11.3. The van der Waals surface area contributed by atoms with Gasteiger partial charge in [0.15, 0.2) is 0 Å². The van der Waals surface area contributed by atoms with Gasteiger partial charge in [-0.05, 0) is 54.7 Å². The zero-order valence-corrected chi connectivity index (χ0v) is 19.0. The van der Waals surface area contributed by atoms with Crippen molar-refractivity contribution in [3.63, 3.8) is 0 Å². The second kappa shape index (κ2) is 12.6. The fraction of sp³-hybridized carbons (Fsp3) is 0.667. The molecule has 0 fully saturated rings. The van der Waals surface area contributed by atoms with Crippen LogP contribution in [0.25, 0.3) is 0 Å². The van der Waals surface area contributed by atoms with Gasteiger partial charge in [-0.25, -0.2) is 0 Å². The Bertz CT molecular complexity index is 628. The van der Waals surface area contributed by atoms with E-state index < -0.39 is 7.60 Å². The molecule has 0 radical (unpaired) electrons. The summed E-state index contributed by atoms with van der Waals surface area (Å²) in [6, 6.07) is 0. The summed E-state index contributed by atoms with van der Waals surface area (Å²) in [5, 5.41) is 0. The van der Waals surface area contributed by atoms with E-state index in [1.54, 1.807) is 0 Å². The topological polar surface area (TPSA) is 35.5 Å². The van der Waals surface area contributed by atoms with Gasteiger partial charge in [0.2, 0.25) is 0 Å². The Morgan fingerprint density at radius 3 is 2.25 bits per heavy atom. The van der Waals surface area contributed by atoms with Gasteiger partial charge in [-0.2, -0.15) is 0 Å². The van der Waals surface area contributed by atoms with Crippen LogP contribution in [0.1, 0.15) is 78.6 Å². The van der Waals surface area contributed by atoms with Crippen molar-refractivity contribution in [2.45, 2.75) is 78.6 Å². The monoisotopic (exact) mass is 406 g/mol. The molecule has 0 saturated heterocycles. The second-order valence-corrected chi connectivity index (χ2v) is 10.1. The first-order valence-corrected chi connectivity index (χ1v) is 13.0. The van der Waals surface area contributed by atoms with Gasteiger partial charge < -0.3 is 9.05 Å². The molecule has 0 saturated carbocycles. The van der Waals surface area contributed by atoms with Crippen molar-refractivity contribution in [1.82, 2.24) is 0 Å². The zero-order valence-electron chi connectivity index (χ0n) is 18.1. The van der Waals surface area contributed by atoms with Gasteiger partial charge in [0.1, 0.15) is 0 Å². The lowest BCUT2D eigenvalue weighted by atomic mass is 9.90. The summed E-state index contributed by atoms with van der Waals surface area (Å²) in [6.45, 7) is 7.54. The molecule has 0 aromatic rings. The van der Waals surface area contributed by atoms with E-state index in [4.69, 9.17) is 9.05 Å². The normalized spacial score (nSPS) is 18.7. The van der Waals surface area contributed by atoms with E-state index in [0.717, 1.165) is 51.4 Å². The summed E-state index contributed by atoms with van der Waals surface area (Å²) in [5.74, 6) is 0.478. The molecule has 4 heteroatoms. The molecule has 2 rings (SSSR count). The Labute approximate surface area is 172 Å². The molecule has 158 valence electrons. The predicted molar refractivity (Wildman–Crippen MR) is 120 cm³/mol. The summed E-state index contributed by atoms with van der Waals surface area (Å²) in [6.07, 6.45) is 21.4. The molecule has 2 aliphatic carbocycles. The van der Waals surface area contributed by atoms with Crippen LogP contribution in [-0.2, 0) is 13.6 Å². The van der Waals surface area contributed by atoms with Crippen LogP contribution in [0.15, 0.2) is 47.1 Å². The summed E-state index contributed by atoms with van der Waals surface area (Å²) in [7, 11) is -2.93. The minimum absolute atomic E-state index is 0.478. The van der Waals surface area contributed by atoms with E-state index in [0.29, 0.717) is 25.3 Å². The van der Waals surface area contributed by atoms with Gasteiger partial charge in [-0.3, -0.25) is 4.57 Å². The van der Waals surface area contributed by atoms with Gasteiger partial charge in [-0.15, -0.1) is 0 Å². The second-order valence-electron chi connectivity index (χ2n) is 7.87. The van der Waals surface area contributed by atoms with Crippen LogP contribution in [0.3, 0.4) is 0 Å². The average molecular weight is 407 g/mol. The summed E-state index contributed by atoms with van der Waals surface area (Å²) in [5.41, 5.74) is 4.27. The third-order valence-corrected chi connectivity index (χ3v) is 7.35. The molecule has 3 nitrogen and oxygen atoms in total. The molecule has 0 aromatic heterocycles. The molecule has 0 aliphatic heterocycles. The molecule has 0 N–H and O–H groups in total. The largest absolute Gasteiger partial charge is 0.330 e. The SMILES string of the molecule is CCCCOP(=O)(CCCCC1C=CC2=C(CCC)C=CC2=C1)OCCCC. The van der Waals surface area contributed by atoms with Crippen molar-refractivity contribution in [3.8, 4) is 0 Å². The Balaban J connectivity index is 1.78. The summed E-state index contributed by atoms with van der Waals surface area (Å²) in [4.78, 5) is 0. The number of rotatable bonds is 15. The van der Waals surface area contributed by atoms with Crippen molar-refractivity contribution in [3.05, 3.63) is 47.1 Å². The van der Waals surface area contributed by atoms with Gasteiger partial charge >= 0.3 is 7.60 Å². The first kappa shape index (κ1) is 23.4. The van der Waals surface area contributed by atoms with Crippen LogP contribution >= 0.6 is 7.60 Å². The van der Waals surface area contributed by atoms with Crippen molar-refractivity contribution in [2.75, 3.05) is 19.4 Å². The molecule has 0 heterocycles. The van der Waals surface area contributed by atoms with Crippen LogP contribution in [0.2, 0.25) is 0 Å². The molecular formula is C24H39O3P. The maximum Gasteiger partial charge on any atom is 0.330 e. The Morgan fingerprint density at radius 2 is 1.61 bits per heavy atom. The van der Waals surface area contributed by atoms with Crippen molar-refractivity contribution >= 4 is 7.60 Å². The van der Waals surface area contributed by atoms with Crippen LogP contribution in [0.5, 0.6) is 0 Å². The number of hydrogen-bond donors (Lipinski definition) is 0. The molecule has 1 atom stereocenters. The average Bonchev–Trinajstić information content (AvgIpc) is 3.08. The maximum absolute atomic E-state index is 13.0. The van der Waals surface area contributed by atoms with E-state index in [-0.39, 0.29) is 0 Å². The number of unbranched alkanes of at least 4 members (excludes halogenated alkanes) is 3. The molecule has 1 unspecified atom stereocenters. The summed E-state index contributed by atoms with van der Waals surface area (Å²) >= 11 is 0. The fourth-order valence-electron chi connectivity index (χ4n) is 3.62. The molecule has 28 heavy (non-hydrogen) atoms. The van der Waals surface area contributed by atoms with E-state index in [1.165, 1.54) is 23.1 Å². The highest BCUT2D eigenvalue weighted by Crippen LogP contribution is 2.49. The van der Waals surface area contributed by atoms with Crippen molar-refractivity contribution < 1.29 is 13.6 Å². The Kier molecular flexibility index (Phi) is 10.5. The number of hydrogen-bond acceptors (Lipinski definition) is 3. The van der Waals surface area contributed by atoms with Gasteiger partial charge in [0.25, 0.3) is 0 Å². The van der Waals surface area contributed by atoms with Crippen LogP contribution in [0.4, 0.5) is 0 Å². The van der Waals surface area contributed by atoms with E-state index >= 15 is 0 Å². The van der Waals surface area contributed by atoms with E-state index in [1.807, 2.05) is 0 Å². The van der Waals surface area contributed by atoms with E-state index in [9.17, 15) is 4.57 Å². The highest BCUT2D eigenvalue weighted by atomic mass is 31.2. The molecule has 0 spiro atoms. The highest BCUT2D eigenvalue weighted by Gasteiger charge is 2.24. The van der Waals surface area contributed by atoms with Crippen molar-refractivity contribution in [1.29, 1.82) is 0 Å². The highest BCUT2D eigenvalue weighted by molar-refractivity contribution is 7.53. The standard InChI is InChI=1S/C24H39O3P/c1-4-7-17-26-28(25,27-18-8-5-2)19-10-9-12-21-13-16-24-22(11-6-3)14-15-23(24)20-21/h13-16,20-21H,4-12,17-19H2,1-3H3. The zero-order chi connectivity index (χ0) is 20.2. The van der Waals surface area contributed by atoms with Crippen LogP contribution < -0.4 is 0 Å². The molecular weight excluding hydrogens is 367 g/mol. The quantitative estimate of drug-likeness (QED) is 0.206. The van der Waals surface area contributed by atoms with E-state index in [2.05, 4.69) is 51.2 Å². The van der Waals surface area contributed by atoms with Gasteiger partial charge in [-0.1, -0.05) is 76.8 Å². The molecule has 2 aliphatic rings. The first-order chi connectivity index (χ1) is 13.6. The number of fused-ring (bicyclic) bond motifs is 1. The third kappa shape index (κ3) is 7.50. The molecule has 0 bridgehead atoms. The maximum atomic E-state index is 13.0. The third-order valence-electron chi connectivity index (χ3n) is 5.34. The fourth-order valence-corrected chi connectivity index (χ4v) is 5.38. The summed E-state index contributed by atoms with van der Waals surface area (Å²) < 4.78 is 24.4. The predicted octanol–water partition coefficient (Wildman–Crippen LogP) is 7.76. The lowest BCUT2D eigenvalue weighted by Gasteiger charge is -2.19.